The highest BCUT2D eigenvalue weighted by atomic mass is 32.2. The number of hydrogen-bond acceptors (Lipinski definition) is 4. The van der Waals surface area contributed by atoms with Crippen LogP contribution in [0.3, 0.4) is 0 Å². The molecule has 0 radical (unpaired) electrons. The molecule has 0 heterocycles. The Balaban J connectivity index is 3.59. The summed E-state index contributed by atoms with van der Waals surface area (Å²) in [5, 5.41) is 2.59. The maximum Gasteiger partial charge on any atom is 0.220 e. The van der Waals surface area contributed by atoms with Gasteiger partial charge >= 0.3 is 0 Å². The molecule has 0 aromatic rings. The van der Waals surface area contributed by atoms with Crippen LogP contribution < -0.4 is 11.1 Å². The largest absolute Gasteiger partial charge is 0.355 e. The second kappa shape index (κ2) is 7.62. The van der Waals surface area contributed by atoms with Crippen LogP contribution in [0, 0.1) is 0 Å². The van der Waals surface area contributed by atoms with E-state index in [1.807, 2.05) is 6.92 Å². The van der Waals surface area contributed by atoms with Crippen molar-refractivity contribution in [2.75, 3.05) is 18.1 Å². The number of rotatable bonds is 8. The highest BCUT2D eigenvalue weighted by Crippen LogP contribution is 1.98. The van der Waals surface area contributed by atoms with Gasteiger partial charge < -0.3 is 11.1 Å². The Hall–Kier alpha value is -0.620. The fraction of sp³-hybridized carbons (Fsp3) is 0.900. The minimum Gasteiger partial charge on any atom is -0.355 e. The third kappa shape index (κ3) is 8.67. The molecule has 96 valence electrons. The lowest BCUT2D eigenvalue weighted by Crippen LogP contribution is -2.29. The lowest BCUT2D eigenvalue weighted by atomic mass is 10.1. The van der Waals surface area contributed by atoms with Gasteiger partial charge in [0.15, 0.2) is 9.84 Å². The second-order valence-electron chi connectivity index (χ2n) is 3.96. The number of sulfone groups is 1. The number of carbonyl (C=O) groups excluding carboxylic acids is 1. The Morgan fingerprint density at radius 2 is 2.06 bits per heavy atom. The van der Waals surface area contributed by atoms with Gasteiger partial charge in [0.05, 0.1) is 5.75 Å². The van der Waals surface area contributed by atoms with Gasteiger partial charge in [0, 0.05) is 24.8 Å². The third-order valence-corrected chi connectivity index (χ3v) is 3.94. The van der Waals surface area contributed by atoms with Crippen molar-refractivity contribution in [2.45, 2.75) is 39.2 Å². The summed E-state index contributed by atoms with van der Waals surface area (Å²) < 4.78 is 22.2. The van der Waals surface area contributed by atoms with E-state index in [-0.39, 0.29) is 30.0 Å². The summed E-state index contributed by atoms with van der Waals surface area (Å²) in [7, 11) is -2.98. The van der Waals surface area contributed by atoms with Crippen LogP contribution in [-0.2, 0) is 14.6 Å². The summed E-state index contributed by atoms with van der Waals surface area (Å²) in [5.41, 5.74) is 5.54. The van der Waals surface area contributed by atoms with Gasteiger partial charge in [0.25, 0.3) is 0 Å². The van der Waals surface area contributed by atoms with E-state index in [9.17, 15) is 13.2 Å². The summed E-state index contributed by atoms with van der Waals surface area (Å²) in [6, 6.07) is 0.105. The molecule has 3 N–H and O–H groups in total. The molecule has 5 nitrogen and oxygen atoms in total. The molecule has 0 bridgehead atoms. The van der Waals surface area contributed by atoms with E-state index in [0.29, 0.717) is 6.42 Å². The highest BCUT2D eigenvalue weighted by molar-refractivity contribution is 7.91. The molecule has 0 saturated carbocycles. The number of hydrogen-bond donors (Lipinski definition) is 2. The minimum atomic E-state index is -2.98. The van der Waals surface area contributed by atoms with Gasteiger partial charge in [-0.15, -0.1) is 0 Å². The predicted molar refractivity (Wildman–Crippen MR) is 64.8 cm³/mol. The van der Waals surface area contributed by atoms with Crippen molar-refractivity contribution < 1.29 is 13.2 Å². The van der Waals surface area contributed by atoms with Crippen LogP contribution in [0.4, 0.5) is 0 Å². The smallest absolute Gasteiger partial charge is 0.220 e. The van der Waals surface area contributed by atoms with Gasteiger partial charge in [-0.05, 0) is 19.8 Å². The average Bonchev–Trinajstić information content (AvgIpc) is 2.17. The molecule has 6 heteroatoms. The van der Waals surface area contributed by atoms with E-state index in [4.69, 9.17) is 5.73 Å². The van der Waals surface area contributed by atoms with E-state index in [2.05, 4.69) is 5.32 Å². The topological polar surface area (TPSA) is 89.3 Å². The van der Waals surface area contributed by atoms with Crippen LogP contribution in [0.1, 0.15) is 33.1 Å². The van der Waals surface area contributed by atoms with E-state index in [1.54, 1.807) is 6.92 Å². The first kappa shape index (κ1) is 15.4. The minimum absolute atomic E-state index is 0.0164. The molecule has 0 aromatic heterocycles. The molecule has 0 aliphatic rings. The van der Waals surface area contributed by atoms with Crippen LogP contribution in [0.15, 0.2) is 0 Å². The molecule has 0 fully saturated rings. The van der Waals surface area contributed by atoms with Gasteiger partial charge in [0.1, 0.15) is 0 Å². The maximum atomic E-state index is 11.3. The van der Waals surface area contributed by atoms with Crippen molar-refractivity contribution in [3.63, 3.8) is 0 Å². The van der Waals surface area contributed by atoms with Gasteiger partial charge in [-0.2, -0.15) is 0 Å². The molecular weight excluding hydrogens is 228 g/mol. The Labute approximate surface area is 97.7 Å². The summed E-state index contributed by atoms with van der Waals surface area (Å²) in [6.45, 7) is 3.69. The van der Waals surface area contributed by atoms with Crippen molar-refractivity contribution in [2.24, 2.45) is 5.73 Å². The number of nitrogens with two attached hydrogens (primary N) is 1. The van der Waals surface area contributed by atoms with E-state index >= 15 is 0 Å². The number of carbonyl (C=O) groups is 1. The lowest BCUT2D eigenvalue weighted by molar-refractivity contribution is -0.121. The van der Waals surface area contributed by atoms with E-state index in [1.165, 1.54) is 0 Å². The Morgan fingerprint density at radius 1 is 1.44 bits per heavy atom. The van der Waals surface area contributed by atoms with E-state index in [0.717, 1.165) is 12.8 Å². The van der Waals surface area contributed by atoms with Crippen LogP contribution in [0.5, 0.6) is 0 Å². The lowest BCUT2D eigenvalue weighted by Gasteiger charge is -2.06. The zero-order chi connectivity index (χ0) is 12.6. The Morgan fingerprint density at radius 3 is 2.56 bits per heavy atom. The molecule has 0 rings (SSSR count). The zero-order valence-electron chi connectivity index (χ0n) is 10.0. The highest BCUT2D eigenvalue weighted by Gasteiger charge is 2.08. The molecule has 1 amide bonds. The molecule has 0 aromatic carbocycles. The predicted octanol–water partition coefficient (Wildman–Crippen LogP) is 0.0548. The summed E-state index contributed by atoms with van der Waals surface area (Å²) in [6.07, 6.45) is 1.96. The van der Waals surface area contributed by atoms with Gasteiger partial charge in [-0.25, -0.2) is 8.42 Å². The number of amides is 1. The summed E-state index contributed by atoms with van der Waals surface area (Å²) in [4.78, 5) is 11.3. The zero-order valence-corrected chi connectivity index (χ0v) is 10.8. The van der Waals surface area contributed by atoms with Crippen molar-refractivity contribution >= 4 is 15.7 Å². The van der Waals surface area contributed by atoms with Gasteiger partial charge in [-0.3, -0.25) is 4.79 Å². The monoisotopic (exact) mass is 250 g/mol. The molecular formula is C10H22N2O3S. The molecule has 0 aliphatic carbocycles. The van der Waals surface area contributed by atoms with Crippen molar-refractivity contribution in [3.05, 3.63) is 0 Å². The quantitative estimate of drug-likeness (QED) is 0.637. The molecule has 1 unspecified atom stereocenters. The standard InChI is InChI=1S/C10H22N2O3S/c1-3-16(14,15)8-7-12-10(13)6-4-5-9(2)11/h9H,3-8,11H2,1-2H3,(H,12,13). The Kier molecular flexibility index (Phi) is 7.33. The van der Waals surface area contributed by atoms with Crippen LogP contribution in [0.25, 0.3) is 0 Å². The molecule has 1 atom stereocenters. The van der Waals surface area contributed by atoms with Crippen molar-refractivity contribution in [1.29, 1.82) is 0 Å². The van der Waals surface area contributed by atoms with E-state index < -0.39 is 9.84 Å². The fourth-order valence-electron chi connectivity index (χ4n) is 1.16. The van der Waals surface area contributed by atoms with Gasteiger partial charge in [-0.1, -0.05) is 6.92 Å². The summed E-state index contributed by atoms with van der Waals surface area (Å²) in [5.74, 6) is 0.0303. The Bertz CT molecular complexity index is 299. The molecule has 0 spiro atoms. The van der Waals surface area contributed by atoms with Crippen LogP contribution in [0.2, 0.25) is 0 Å². The first-order valence-corrected chi connectivity index (χ1v) is 7.42. The average molecular weight is 250 g/mol. The maximum absolute atomic E-state index is 11.3. The summed E-state index contributed by atoms with van der Waals surface area (Å²) >= 11 is 0. The fourth-order valence-corrected chi connectivity index (χ4v) is 1.87. The third-order valence-electron chi connectivity index (χ3n) is 2.24. The number of nitrogens with one attached hydrogen (secondary N) is 1. The molecule has 0 aliphatic heterocycles. The van der Waals surface area contributed by atoms with Crippen LogP contribution >= 0.6 is 0 Å². The van der Waals surface area contributed by atoms with Gasteiger partial charge in [0.2, 0.25) is 5.91 Å². The normalized spacial score (nSPS) is 13.4. The van der Waals surface area contributed by atoms with Crippen molar-refractivity contribution in [3.8, 4) is 0 Å². The first-order valence-electron chi connectivity index (χ1n) is 5.60. The van der Waals surface area contributed by atoms with Crippen molar-refractivity contribution in [1.82, 2.24) is 5.32 Å². The first-order chi connectivity index (χ1) is 7.37. The van der Waals surface area contributed by atoms with Crippen LogP contribution in [-0.4, -0.2) is 38.4 Å². The SMILES string of the molecule is CCS(=O)(=O)CCNC(=O)CCCC(C)N. The molecule has 16 heavy (non-hydrogen) atoms. The second-order valence-corrected chi connectivity index (χ2v) is 6.43. The molecule has 0 saturated heterocycles.